The fourth-order valence-electron chi connectivity index (χ4n) is 3.30. The van der Waals surface area contributed by atoms with Crippen molar-refractivity contribution in [3.63, 3.8) is 0 Å². The minimum Gasteiger partial charge on any atom is -0.506 e. The molecule has 29 heavy (non-hydrogen) atoms. The monoisotopic (exact) mass is 406 g/mol. The largest absolute Gasteiger partial charge is 0.506 e. The first-order chi connectivity index (χ1) is 13.7. The molecule has 0 bridgehead atoms. The Morgan fingerprint density at radius 1 is 1.34 bits per heavy atom. The minimum atomic E-state index is -4.56. The van der Waals surface area contributed by atoms with Crippen molar-refractivity contribution < 1.29 is 27.5 Å². The Hall–Kier alpha value is -3.43. The van der Waals surface area contributed by atoms with Gasteiger partial charge in [-0.1, -0.05) is 6.07 Å². The number of aryl methyl sites for hydroxylation is 1. The molecule has 1 aromatic carbocycles. The van der Waals surface area contributed by atoms with Gasteiger partial charge < -0.3 is 20.2 Å². The Kier molecular flexibility index (Phi) is 4.48. The molecule has 2 atom stereocenters. The first-order valence-corrected chi connectivity index (χ1v) is 8.79. The summed E-state index contributed by atoms with van der Waals surface area (Å²) in [5, 5.41) is 19.2. The van der Waals surface area contributed by atoms with Crippen LogP contribution in [0.2, 0.25) is 0 Å². The topological polar surface area (TPSA) is 92.3 Å². The summed E-state index contributed by atoms with van der Waals surface area (Å²) >= 11 is 0. The van der Waals surface area contributed by atoms with Crippen LogP contribution < -0.4 is 10.6 Å². The first-order valence-electron chi connectivity index (χ1n) is 8.79. The molecule has 7 nitrogen and oxygen atoms in total. The number of benzene rings is 1. The van der Waals surface area contributed by atoms with Gasteiger partial charge in [0.1, 0.15) is 17.3 Å². The number of phenols is 1. The van der Waals surface area contributed by atoms with E-state index in [4.69, 9.17) is 4.42 Å². The summed E-state index contributed by atoms with van der Waals surface area (Å²) in [6.07, 6.45) is -3.50. The molecule has 1 aliphatic heterocycles. The van der Waals surface area contributed by atoms with E-state index >= 15 is 0 Å². The van der Waals surface area contributed by atoms with Crippen molar-refractivity contribution >= 4 is 17.4 Å². The summed E-state index contributed by atoms with van der Waals surface area (Å²) in [6.45, 7) is 1.77. The van der Waals surface area contributed by atoms with E-state index in [-0.39, 0.29) is 29.4 Å². The Morgan fingerprint density at radius 2 is 2.14 bits per heavy atom. The third-order valence-corrected chi connectivity index (χ3v) is 4.71. The molecule has 10 heteroatoms. The number of nitrogens with one attached hydrogen (secondary N) is 2. The van der Waals surface area contributed by atoms with Gasteiger partial charge >= 0.3 is 6.18 Å². The van der Waals surface area contributed by atoms with Crippen LogP contribution in [0.5, 0.6) is 5.75 Å². The Morgan fingerprint density at radius 3 is 2.83 bits per heavy atom. The summed E-state index contributed by atoms with van der Waals surface area (Å²) < 4.78 is 46.9. The van der Waals surface area contributed by atoms with E-state index in [9.17, 15) is 23.1 Å². The van der Waals surface area contributed by atoms with Gasteiger partial charge in [0, 0.05) is 12.5 Å². The second kappa shape index (κ2) is 6.87. The number of furan rings is 1. The van der Waals surface area contributed by atoms with Crippen LogP contribution in [0.25, 0.3) is 0 Å². The van der Waals surface area contributed by atoms with Crippen LogP contribution in [-0.4, -0.2) is 27.0 Å². The number of fused-ring (bicyclic) bond motifs is 1. The second-order valence-corrected chi connectivity index (χ2v) is 6.84. The van der Waals surface area contributed by atoms with Crippen LogP contribution in [0.1, 0.15) is 40.3 Å². The van der Waals surface area contributed by atoms with E-state index in [0.29, 0.717) is 5.76 Å². The van der Waals surface area contributed by atoms with Gasteiger partial charge in [0.05, 0.1) is 18.0 Å². The molecule has 0 spiro atoms. The SMILES string of the molecule is Cc1ccc(O)c(NC(=O)c2cc3n(n2)[C@@H](C(F)(F)F)C[C@@H](c2ccco2)N3)c1. The van der Waals surface area contributed by atoms with Crippen molar-refractivity contribution in [3.05, 3.63) is 59.7 Å². The molecule has 152 valence electrons. The number of aromatic nitrogens is 2. The van der Waals surface area contributed by atoms with Gasteiger partial charge in [-0.3, -0.25) is 4.79 Å². The zero-order valence-corrected chi connectivity index (χ0v) is 15.2. The smallest absolute Gasteiger partial charge is 0.410 e. The molecule has 0 fully saturated rings. The lowest BCUT2D eigenvalue weighted by Gasteiger charge is -2.32. The molecule has 3 N–H and O–H groups in total. The van der Waals surface area contributed by atoms with Crippen LogP contribution in [0, 0.1) is 6.92 Å². The van der Waals surface area contributed by atoms with Gasteiger partial charge in [0.25, 0.3) is 5.91 Å². The molecule has 0 unspecified atom stereocenters. The van der Waals surface area contributed by atoms with Crippen LogP contribution >= 0.6 is 0 Å². The number of carbonyl (C=O) groups excluding carboxylic acids is 1. The number of alkyl halides is 3. The van der Waals surface area contributed by atoms with E-state index in [1.165, 1.54) is 18.4 Å². The number of carbonyl (C=O) groups is 1. The number of aromatic hydroxyl groups is 1. The van der Waals surface area contributed by atoms with Crippen LogP contribution in [0.4, 0.5) is 24.7 Å². The van der Waals surface area contributed by atoms with E-state index in [1.54, 1.807) is 31.2 Å². The normalized spacial score (nSPS) is 18.8. The Bertz CT molecular complexity index is 1040. The number of hydrogen-bond donors (Lipinski definition) is 3. The lowest BCUT2D eigenvalue weighted by molar-refractivity contribution is -0.174. The third-order valence-electron chi connectivity index (χ3n) is 4.71. The zero-order valence-electron chi connectivity index (χ0n) is 15.2. The summed E-state index contributed by atoms with van der Waals surface area (Å²) in [6, 6.07) is 6.43. The predicted molar refractivity (Wildman–Crippen MR) is 97.8 cm³/mol. The minimum absolute atomic E-state index is 0.0542. The fourth-order valence-corrected chi connectivity index (χ4v) is 3.30. The maximum absolute atomic E-state index is 13.6. The lowest BCUT2D eigenvalue weighted by atomic mass is 10.0. The van der Waals surface area contributed by atoms with E-state index in [2.05, 4.69) is 15.7 Å². The molecule has 1 aliphatic rings. The van der Waals surface area contributed by atoms with Gasteiger partial charge in [-0.2, -0.15) is 18.3 Å². The van der Waals surface area contributed by atoms with Crippen molar-refractivity contribution in [1.29, 1.82) is 0 Å². The lowest BCUT2D eigenvalue weighted by Crippen LogP contribution is -2.35. The molecule has 1 amide bonds. The number of rotatable bonds is 3. The number of phenolic OH excluding ortho intramolecular Hbond substituents is 1. The van der Waals surface area contributed by atoms with Crippen molar-refractivity contribution in [1.82, 2.24) is 9.78 Å². The van der Waals surface area contributed by atoms with Crippen LogP contribution in [0.15, 0.2) is 47.1 Å². The quantitative estimate of drug-likeness (QED) is 0.561. The average Bonchev–Trinajstić information content (AvgIpc) is 3.32. The van der Waals surface area contributed by atoms with Crippen LogP contribution in [0.3, 0.4) is 0 Å². The van der Waals surface area contributed by atoms with Crippen molar-refractivity contribution in [3.8, 4) is 5.75 Å². The van der Waals surface area contributed by atoms with Gasteiger partial charge in [0.2, 0.25) is 0 Å². The van der Waals surface area contributed by atoms with Crippen molar-refractivity contribution in [2.24, 2.45) is 0 Å². The maximum Gasteiger partial charge on any atom is 0.410 e. The Labute approximate surface area is 163 Å². The standard InChI is InChI=1S/C19H17F3N4O3/c1-10-4-5-14(27)11(7-10)24-18(28)13-9-17-23-12(15-3-2-6-29-15)8-16(19(20,21)22)26(17)25-13/h2-7,9,12,16,23,27H,8H2,1H3,(H,24,28)/t12-,16+/m0/s1. The summed E-state index contributed by atoms with van der Waals surface area (Å²) in [4.78, 5) is 12.5. The third kappa shape index (κ3) is 3.65. The highest BCUT2D eigenvalue weighted by Gasteiger charge is 2.47. The maximum atomic E-state index is 13.6. The molecule has 0 saturated heterocycles. The molecular weight excluding hydrogens is 389 g/mol. The second-order valence-electron chi connectivity index (χ2n) is 6.84. The van der Waals surface area contributed by atoms with Gasteiger partial charge in [-0.15, -0.1) is 0 Å². The number of amides is 1. The highest BCUT2D eigenvalue weighted by molar-refractivity contribution is 6.04. The van der Waals surface area contributed by atoms with Crippen LogP contribution in [-0.2, 0) is 0 Å². The van der Waals surface area contributed by atoms with Crippen molar-refractivity contribution in [2.45, 2.75) is 31.6 Å². The highest BCUT2D eigenvalue weighted by atomic mass is 19.4. The molecule has 0 aliphatic carbocycles. The zero-order chi connectivity index (χ0) is 20.8. The fraction of sp³-hybridized carbons (Fsp3) is 0.263. The van der Waals surface area contributed by atoms with E-state index in [0.717, 1.165) is 10.2 Å². The first kappa shape index (κ1) is 18.9. The van der Waals surface area contributed by atoms with E-state index < -0.39 is 24.2 Å². The molecule has 3 aromatic rings. The molecule has 0 saturated carbocycles. The van der Waals surface area contributed by atoms with E-state index in [1.807, 2.05) is 0 Å². The number of hydrogen-bond acceptors (Lipinski definition) is 5. The summed E-state index contributed by atoms with van der Waals surface area (Å²) in [5.41, 5.74) is 0.736. The summed E-state index contributed by atoms with van der Waals surface area (Å²) in [7, 11) is 0. The average molecular weight is 406 g/mol. The molecule has 3 heterocycles. The number of nitrogens with zero attached hydrogens (tertiary/aromatic N) is 2. The van der Waals surface area contributed by atoms with Gasteiger partial charge in [-0.05, 0) is 36.8 Å². The summed E-state index contributed by atoms with van der Waals surface area (Å²) in [5.74, 6) is -0.469. The molecule has 2 aromatic heterocycles. The molecule has 0 radical (unpaired) electrons. The van der Waals surface area contributed by atoms with Crippen molar-refractivity contribution in [2.75, 3.05) is 10.6 Å². The van der Waals surface area contributed by atoms with Gasteiger partial charge in [-0.25, -0.2) is 4.68 Å². The number of halogens is 3. The van der Waals surface area contributed by atoms with Gasteiger partial charge in [0.15, 0.2) is 11.7 Å². The number of anilines is 2. The molecular formula is C19H17F3N4O3. The predicted octanol–water partition coefficient (Wildman–Crippen LogP) is 4.40. The highest BCUT2D eigenvalue weighted by Crippen LogP contribution is 2.43. The molecule has 4 rings (SSSR count). The Balaban J connectivity index is 1.65.